The lowest BCUT2D eigenvalue weighted by molar-refractivity contribution is -0.137. The second-order valence-corrected chi connectivity index (χ2v) is 8.04. The highest BCUT2D eigenvalue weighted by molar-refractivity contribution is 7.18. The number of hydrogen-bond donors (Lipinski definition) is 0. The normalized spacial score (nSPS) is 16.3. The Morgan fingerprint density at radius 3 is 2.86 bits per heavy atom. The van der Waals surface area contributed by atoms with Crippen molar-refractivity contribution in [3.63, 3.8) is 0 Å². The van der Waals surface area contributed by atoms with Gasteiger partial charge in [-0.15, -0.1) is 11.3 Å². The number of thiazole rings is 1. The minimum absolute atomic E-state index is 0.0153. The molecule has 152 valence electrons. The van der Waals surface area contributed by atoms with Crippen LogP contribution in [-0.4, -0.2) is 43.2 Å². The van der Waals surface area contributed by atoms with Crippen LogP contribution in [0.2, 0.25) is 0 Å². The molecule has 0 saturated carbocycles. The van der Waals surface area contributed by atoms with Gasteiger partial charge in [-0.25, -0.2) is 4.98 Å². The van der Waals surface area contributed by atoms with Crippen molar-refractivity contribution in [1.82, 2.24) is 9.88 Å². The third kappa shape index (κ3) is 4.21. The molecular formula is C22H24N2O4S. The Balaban J connectivity index is 1.41. The summed E-state index contributed by atoms with van der Waals surface area (Å²) in [5.74, 6) is 1.51. The summed E-state index contributed by atoms with van der Waals surface area (Å²) < 4.78 is 17.7. The Morgan fingerprint density at radius 2 is 2.07 bits per heavy atom. The quantitative estimate of drug-likeness (QED) is 0.582. The monoisotopic (exact) mass is 412 g/mol. The zero-order valence-corrected chi connectivity index (χ0v) is 17.4. The molecule has 29 heavy (non-hydrogen) atoms. The number of aromatic nitrogens is 1. The highest BCUT2D eigenvalue weighted by Gasteiger charge is 2.32. The number of fused-ring (bicyclic) bond motifs is 1. The van der Waals surface area contributed by atoms with Crippen molar-refractivity contribution in [1.29, 1.82) is 0 Å². The summed E-state index contributed by atoms with van der Waals surface area (Å²) in [4.78, 5) is 19.3. The molecule has 1 unspecified atom stereocenters. The fourth-order valence-electron chi connectivity index (χ4n) is 3.78. The summed E-state index contributed by atoms with van der Waals surface area (Å²) in [6, 6.07) is 13.7. The van der Waals surface area contributed by atoms with Gasteiger partial charge in [0.15, 0.2) is 0 Å². The van der Waals surface area contributed by atoms with Gasteiger partial charge >= 0.3 is 0 Å². The largest absolute Gasteiger partial charge is 0.497 e. The average Bonchev–Trinajstić information content (AvgIpc) is 3.39. The van der Waals surface area contributed by atoms with Gasteiger partial charge in [0.05, 0.1) is 37.1 Å². The molecule has 4 rings (SSSR count). The van der Waals surface area contributed by atoms with E-state index in [9.17, 15) is 4.79 Å². The van der Waals surface area contributed by atoms with Crippen molar-refractivity contribution >= 4 is 27.5 Å². The summed E-state index contributed by atoms with van der Waals surface area (Å²) in [6.45, 7) is 1.10. The first-order chi connectivity index (χ1) is 14.2. The molecule has 1 amide bonds. The maximum Gasteiger partial charge on any atom is 0.249 e. The summed E-state index contributed by atoms with van der Waals surface area (Å²) in [6.07, 6.45) is 1.85. The van der Waals surface area contributed by atoms with Crippen LogP contribution in [0.25, 0.3) is 10.2 Å². The maximum atomic E-state index is 12.9. The van der Waals surface area contributed by atoms with Crippen molar-refractivity contribution in [2.24, 2.45) is 0 Å². The molecule has 0 aliphatic carbocycles. The zero-order valence-electron chi connectivity index (χ0n) is 16.6. The van der Waals surface area contributed by atoms with E-state index in [0.29, 0.717) is 13.2 Å². The first kappa shape index (κ1) is 19.7. The lowest BCUT2D eigenvalue weighted by Gasteiger charge is -2.26. The van der Waals surface area contributed by atoms with Crippen LogP contribution in [0.5, 0.6) is 11.5 Å². The molecule has 2 heterocycles. The standard InChI is InChI=1S/C22H24N2O4S/c1-26-15-9-10-19(27-2)16(12-15)18-7-5-11-24(18)22(25)14-28-13-21-23-17-6-3-4-8-20(17)29-21/h3-4,6,8-10,12,18H,5,7,11,13-14H2,1-2H3. The molecule has 6 nitrogen and oxygen atoms in total. The van der Waals surface area contributed by atoms with Crippen LogP contribution in [0.15, 0.2) is 42.5 Å². The first-order valence-electron chi connectivity index (χ1n) is 9.63. The van der Waals surface area contributed by atoms with Crippen LogP contribution < -0.4 is 9.47 Å². The van der Waals surface area contributed by atoms with Gasteiger partial charge in [0.2, 0.25) is 5.91 Å². The summed E-state index contributed by atoms with van der Waals surface area (Å²) >= 11 is 1.60. The number of amides is 1. The van der Waals surface area contributed by atoms with E-state index in [4.69, 9.17) is 14.2 Å². The number of benzene rings is 2. The van der Waals surface area contributed by atoms with E-state index in [2.05, 4.69) is 4.98 Å². The van der Waals surface area contributed by atoms with Crippen LogP contribution in [-0.2, 0) is 16.1 Å². The molecule has 0 N–H and O–H groups in total. The number of rotatable bonds is 7. The van der Waals surface area contributed by atoms with Gasteiger partial charge in [0.1, 0.15) is 23.1 Å². The number of carbonyl (C=O) groups is 1. The Kier molecular flexibility index (Phi) is 5.97. The van der Waals surface area contributed by atoms with E-state index in [1.54, 1.807) is 25.6 Å². The molecule has 3 aromatic rings. The molecular weight excluding hydrogens is 388 g/mol. The van der Waals surface area contributed by atoms with Crippen LogP contribution in [0, 0.1) is 0 Å². The Labute approximate surface area is 174 Å². The average molecular weight is 413 g/mol. The van der Waals surface area contributed by atoms with E-state index >= 15 is 0 Å². The van der Waals surface area contributed by atoms with Gasteiger partial charge in [-0.3, -0.25) is 4.79 Å². The molecule has 0 bridgehead atoms. The van der Waals surface area contributed by atoms with Gasteiger partial charge < -0.3 is 19.1 Å². The van der Waals surface area contributed by atoms with Gasteiger partial charge in [-0.1, -0.05) is 12.1 Å². The van der Waals surface area contributed by atoms with Gasteiger partial charge in [0, 0.05) is 12.1 Å². The molecule has 1 aliphatic rings. The molecule has 1 aliphatic heterocycles. The van der Waals surface area contributed by atoms with E-state index in [0.717, 1.165) is 45.1 Å². The van der Waals surface area contributed by atoms with Gasteiger partial charge in [-0.2, -0.15) is 0 Å². The van der Waals surface area contributed by atoms with Crippen LogP contribution in [0.3, 0.4) is 0 Å². The topological polar surface area (TPSA) is 60.9 Å². The number of likely N-dealkylation sites (tertiary alicyclic amines) is 1. The predicted octanol–water partition coefficient (Wildman–Crippen LogP) is 4.19. The number of hydrogen-bond acceptors (Lipinski definition) is 6. The lowest BCUT2D eigenvalue weighted by Crippen LogP contribution is -2.33. The predicted molar refractivity (Wildman–Crippen MR) is 113 cm³/mol. The molecule has 1 aromatic heterocycles. The first-order valence-corrected chi connectivity index (χ1v) is 10.4. The molecule has 0 spiro atoms. The third-order valence-electron chi connectivity index (χ3n) is 5.16. The van der Waals surface area contributed by atoms with Crippen LogP contribution in [0.1, 0.15) is 29.5 Å². The molecule has 1 atom stereocenters. The van der Waals surface area contributed by atoms with Crippen LogP contribution in [0.4, 0.5) is 0 Å². The minimum atomic E-state index is -0.0291. The highest BCUT2D eigenvalue weighted by atomic mass is 32.1. The maximum absolute atomic E-state index is 12.9. The van der Waals surface area contributed by atoms with Gasteiger partial charge in [-0.05, 0) is 43.2 Å². The zero-order chi connectivity index (χ0) is 20.2. The molecule has 2 aromatic carbocycles. The minimum Gasteiger partial charge on any atom is -0.497 e. The summed E-state index contributed by atoms with van der Waals surface area (Å²) in [5.41, 5.74) is 1.94. The van der Waals surface area contributed by atoms with Crippen molar-refractivity contribution in [3.05, 3.63) is 53.0 Å². The molecule has 1 fully saturated rings. The van der Waals surface area contributed by atoms with Crippen molar-refractivity contribution in [2.75, 3.05) is 27.4 Å². The van der Waals surface area contributed by atoms with E-state index in [1.165, 1.54) is 0 Å². The molecule has 7 heteroatoms. The number of nitrogens with zero attached hydrogens (tertiary/aromatic N) is 2. The highest BCUT2D eigenvalue weighted by Crippen LogP contribution is 2.39. The van der Waals surface area contributed by atoms with E-state index < -0.39 is 0 Å². The fraction of sp³-hybridized carbons (Fsp3) is 0.364. The second kappa shape index (κ2) is 8.80. The number of carbonyl (C=O) groups excluding carboxylic acids is 1. The van der Waals surface area contributed by atoms with E-state index in [-0.39, 0.29) is 18.6 Å². The second-order valence-electron chi connectivity index (χ2n) is 6.92. The molecule has 0 radical (unpaired) electrons. The smallest absolute Gasteiger partial charge is 0.249 e. The van der Waals surface area contributed by atoms with Crippen molar-refractivity contribution in [3.8, 4) is 11.5 Å². The number of para-hydroxylation sites is 1. The lowest BCUT2D eigenvalue weighted by atomic mass is 10.0. The number of methoxy groups -OCH3 is 2. The van der Waals surface area contributed by atoms with E-state index in [1.807, 2.05) is 47.4 Å². The Morgan fingerprint density at radius 1 is 1.21 bits per heavy atom. The SMILES string of the molecule is COc1ccc(OC)c(C2CCCN2C(=O)COCc2nc3ccccc3s2)c1. The summed E-state index contributed by atoms with van der Waals surface area (Å²) in [5, 5.41) is 0.881. The Hall–Kier alpha value is -2.64. The Bertz CT molecular complexity index is 970. The van der Waals surface area contributed by atoms with Crippen molar-refractivity contribution < 1.29 is 19.0 Å². The van der Waals surface area contributed by atoms with Crippen molar-refractivity contribution in [2.45, 2.75) is 25.5 Å². The summed E-state index contributed by atoms with van der Waals surface area (Å²) in [7, 11) is 3.28. The third-order valence-corrected chi connectivity index (χ3v) is 6.17. The fourth-order valence-corrected chi connectivity index (χ4v) is 4.68. The van der Waals surface area contributed by atoms with Crippen LogP contribution >= 0.6 is 11.3 Å². The number of ether oxygens (including phenoxy) is 3. The van der Waals surface area contributed by atoms with Gasteiger partial charge in [0.25, 0.3) is 0 Å². The molecule has 1 saturated heterocycles.